The molecule has 0 bridgehead atoms. The number of aromatic nitrogens is 3. The normalized spacial score (nSPS) is 15.6. The first-order chi connectivity index (χ1) is 11.1. The lowest BCUT2D eigenvalue weighted by atomic mass is 10.1. The molecule has 23 heavy (non-hydrogen) atoms. The lowest BCUT2D eigenvalue weighted by molar-refractivity contribution is -0.123. The summed E-state index contributed by atoms with van der Waals surface area (Å²) in [5.41, 5.74) is 1.10. The first-order valence-corrected chi connectivity index (χ1v) is 7.97. The van der Waals surface area contributed by atoms with Crippen molar-refractivity contribution in [3.63, 3.8) is 0 Å². The molecular formula is C17H23N5O. The fourth-order valence-electron chi connectivity index (χ4n) is 2.82. The predicted octanol–water partition coefficient (Wildman–Crippen LogP) is 1.51. The van der Waals surface area contributed by atoms with E-state index >= 15 is 0 Å². The second kappa shape index (κ2) is 6.91. The Balaban J connectivity index is 1.56. The molecule has 1 amide bonds. The Kier molecular flexibility index (Phi) is 4.71. The Labute approximate surface area is 136 Å². The lowest BCUT2D eigenvalue weighted by Gasteiger charge is -2.21. The quantitative estimate of drug-likeness (QED) is 0.842. The molecule has 0 saturated heterocycles. The van der Waals surface area contributed by atoms with E-state index < -0.39 is 0 Å². The Morgan fingerprint density at radius 1 is 1.48 bits per heavy atom. The van der Waals surface area contributed by atoms with Gasteiger partial charge in [0.25, 0.3) is 0 Å². The van der Waals surface area contributed by atoms with E-state index in [0.29, 0.717) is 19.0 Å². The van der Waals surface area contributed by atoms with Gasteiger partial charge in [0.15, 0.2) is 0 Å². The minimum Gasteiger partial charge on any atom is -0.345 e. The monoisotopic (exact) mass is 313 g/mol. The number of pyridine rings is 1. The summed E-state index contributed by atoms with van der Waals surface area (Å²) in [6.07, 6.45) is 9.60. The van der Waals surface area contributed by atoms with Gasteiger partial charge in [0.2, 0.25) is 5.91 Å². The highest BCUT2D eigenvalue weighted by molar-refractivity contribution is 5.78. The average molecular weight is 313 g/mol. The van der Waals surface area contributed by atoms with Crippen LogP contribution in [0.3, 0.4) is 0 Å². The Morgan fingerprint density at radius 2 is 2.30 bits per heavy atom. The zero-order chi connectivity index (χ0) is 16.2. The van der Waals surface area contributed by atoms with Gasteiger partial charge in [-0.1, -0.05) is 6.07 Å². The van der Waals surface area contributed by atoms with Crippen LogP contribution in [0.15, 0.2) is 36.9 Å². The van der Waals surface area contributed by atoms with E-state index in [2.05, 4.69) is 15.3 Å². The summed E-state index contributed by atoms with van der Waals surface area (Å²) in [5, 5.41) is 3.16. The van der Waals surface area contributed by atoms with E-state index in [1.54, 1.807) is 12.4 Å². The molecule has 0 aliphatic heterocycles. The van der Waals surface area contributed by atoms with Crippen molar-refractivity contribution in [3.05, 3.63) is 48.3 Å². The molecule has 1 N–H and O–H groups in total. The molecule has 0 aromatic carbocycles. The third-order valence-electron chi connectivity index (χ3n) is 4.14. The van der Waals surface area contributed by atoms with Crippen molar-refractivity contribution in [1.29, 1.82) is 0 Å². The van der Waals surface area contributed by atoms with Gasteiger partial charge in [-0.05, 0) is 37.4 Å². The van der Waals surface area contributed by atoms with E-state index in [4.69, 9.17) is 0 Å². The maximum Gasteiger partial charge on any atom is 0.234 e. The number of nitrogens with zero attached hydrogens (tertiary/aromatic N) is 4. The zero-order valence-electron chi connectivity index (χ0n) is 13.6. The summed E-state index contributed by atoms with van der Waals surface area (Å²) in [6.45, 7) is 1.07. The predicted molar refractivity (Wildman–Crippen MR) is 87.4 cm³/mol. The van der Waals surface area contributed by atoms with Crippen LogP contribution in [-0.2, 0) is 18.4 Å². The van der Waals surface area contributed by atoms with Gasteiger partial charge in [-0.3, -0.25) is 14.7 Å². The van der Waals surface area contributed by atoms with E-state index in [0.717, 1.165) is 24.2 Å². The van der Waals surface area contributed by atoms with Crippen molar-refractivity contribution >= 4 is 5.91 Å². The number of likely N-dealkylation sites (N-methyl/N-ethyl adjacent to an activating group) is 1. The van der Waals surface area contributed by atoms with Gasteiger partial charge < -0.3 is 9.88 Å². The lowest BCUT2D eigenvalue weighted by Crippen LogP contribution is -2.38. The SMILES string of the molecule is CN(CC(=O)N[C@@H](c1nccn1C)C1CC1)Cc1cccnc1. The molecule has 1 atom stereocenters. The highest BCUT2D eigenvalue weighted by atomic mass is 16.2. The maximum atomic E-state index is 12.4. The van der Waals surface area contributed by atoms with E-state index in [1.165, 1.54) is 0 Å². The van der Waals surface area contributed by atoms with Crippen LogP contribution in [-0.4, -0.2) is 38.9 Å². The van der Waals surface area contributed by atoms with Crippen LogP contribution < -0.4 is 5.32 Å². The maximum absolute atomic E-state index is 12.4. The van der Waals surface area contributed by atoms with Crippen LogP contribution in [0.2, 0.25) is 0 Å². The van der Waals surface area contributed by atoms with Crippen LogP contribution in [0, 0.1) is 5.92 Å². The van der Waals surface area contributed by atoms with Crippen LogP contribution >= 0.6 is 0 Å². The molecule has 0 spiro atoms. The summed E-state index contributed by atoms with van der Waals surface area (Å²) in [4.78, 5) is 22.9. The number of hydrogen-bond acceptors (Lipinski definition) is 4. The van der Waals surface area contributed by atoms with Crippen LogP contribution in [0.1, 0.15) is 30.3 Å². The second-order valence-corrected chi connectivity index (χ2v) is 6.31. The summed E-state index contributed by atoms with van der Waals surface area (Å²) in [5.74, 6) is 1.50. The fraction of sp³-hybridized carbons (Fsp3) is 0.471. The van der Waals surface area contributed by atoms with Crippen molar-refractivity contribution in [3.8, 4) is 0 Å². The minimum absolute atomic E-state index is 0.0225. The molecule has 1 aliphatic rings. The van der Waals surface area contributed by atoms with Gasteiger partial charge >= 0.3 is 0 Å². The molecule has 1 saturated carbocycles. The Hall–Kier alpha value is -2.21. The van der Waals surface area contributed by atoms with E-state index in [1.807, 2.05) is 48.1 Å². The van der Waals surface area contributed by atoms with Crippen molar-refractivity contribution in [2.45, 2.75) is 25.4 Å². The minimum atomic E-state index is 0.0225. The first-order valence-electron chi connectivity index (χ1n) is 7.97. The molecule has 1 fully saturated rings. The number of aryl methyl sites for hydroxylation is 1. The van der Waals surface area contributed by atoms with Gasteiger partial charge in [-0.25, -0.2) is 4.98 Å². The number of imidazole rings is 1. The molecule has 3 rings (SSSR count). The molecule has 6 nitrogen and oxygen atoms in total. The zero-order valence-corrected chi connectivity index (χ0v) is 13.6. The van der Waals surface area contributed by atoms with Crippen molar-refractivity contribution in [2.24, 2.45) is 13.0 Å². The highest BCUT2D eigenvalue weighted by Gasteiger charge is 2.35. The molecule has 2 aromatic heterocycles. The third-order valence-corrected chi connectivity index (χ3v) is 4.14. The second-order valence-electron chi connectivity index (χ2n) is 6.31. The van der Waals surface area contributed by atoms with E-state index in [9.17, 15) is 4.79 Å². The molecule has 0 radical (unpaired) electrons. The average Bonchev–Trinajstić information content (AvgIpc) is 3.27. The largest absolute Gasteiger partial charge is 0.345 e. The smallest absolute Gasteiger partial charge is 0.234 e. The van der Waals surface area contributed by atoms with Crippen LogP contribution in [0.4, 0.5) is 0 Å². The summed E-state index contributed by atoms with van der Waals surface area (Å²) >= 11 is 0. The number of carbonyl (C=O) groups is 1. The van der Waals surface area contributed by atoms with Crippen LogP contribution in [0.5, 0.6) is 0 Å². The number of carbonyl (C=O) groups excluding carboxylic acids is 1. The first kappa shape index (κ1) is 15.7. The van der Waals surface area contributed by atoms with Crippen LogP contribution in [0.25, 0.3) is 0 Å². The van der Waals surface area contributed by atoms with Crippen molar-refractivity contribution < 1.29 is 4.79 Å². The van der Waals surface area contributed by atoms with Gasteiger partial charge in [-0.2, -0.15) is 0 Å². The Bertz CT molecular complexity index is 650. The van der Waals surface area contributed by atoms with Crippen molar-refractivity contribution in [2.75, 3.05) is 13.6 Å². The molecule has 6 heteroatoms. The van der Waals surface area contributed by atoms with Gasteiger partial charge in [0.05, 0.1) is 12.6 Å². The summed E-state index contributed by atoms with van der Waals surface area (Å²) in [7, 11) is 3.91. The topological polar surface area (TPSA) is 63.1 Å². The Morgan fingerprint density at radius 3 is 2.91 bits per heavy atom. The number of amides is 1. The summed E-state index contributed by atoms with van der Waals surface area (Å²) < 4.78 is 1.99. The number of hydrogen-bond donors (Lipinski definition) is 1. The van der Waals surface area contributed by atoms with E-state index in [-0.39, 0.29) is 11.9 Å². The molecule has 0 unspecified atom stereocenters. The van der Waals surface area contributed by atoms with Gasteiger partial charge in [-0.15, -0.1) is 0 Å². The number of nitrogens with one attached hydrogen (secondary N) is 1. The molecule has 122 valence electrons. The number of rotatable bonds is 7. The standard InChI is InChI=1S/C17H23N5O/c1-21(11-13-4-3-7-18-10-13)12-15(23)20-16(14-5-6-14)17-19-8-9-22(17)2/h3-4,7-10,14,16H,5-6,11-12H2,1-2H3,(H,20,23)/t16-/m1/s1. The molecular weight excluding hydrogens is 290 g/mol. The fourth-order valence-corrected chi connectivity index (χ4v) is 2.82. The van der Waals surface area contributed by atoms with Gasteiger partial charge in [0, 0.05) is 38.4 Å². The third kappa shape index (κ3) is 4.16. The molecule has 1 aliphatic carbocycles. The van der Waals surface area contributed by atoms with Crippen molar-refractivity contribution in [1.82, 2.24) is 24.8 Å². The summed E-state index contributed by atoms with van der Waals surface area (Å²) in [6, 6.07) is 3.95. The molecule has 2 aromatic rings. The molecule has 2 heterocycles. The highest BCUT2D eigenvalue weighted by Crippen LogP contribution is 2.40. The van der Waals surface area contributed by atoms with Gasteiger partial charge in [0.1, 0.15) is 5.82 Å².